The first-order valence-electron chi connectivity index (χ1n) is 4.38. The first-order valence-corrected chi connectivity index (χ1v) is 4.38. The summed E-state index contributed by atoms with van der Waals surface area (Å²) in [5.41, 5.74) is 0.925. The van der Waals surface area contributed by atoms with Gasteiger partial charge in [0.1, 0.15) is 11.6 Å². The molecule has 1 saturated heterocycles. The third kappa shape index (κ3) is 1.52. The van der Waals surface area contributed by atoms with Gasteiger partial charge in [0.2, 0.25) is 0 Å². The van der Waals surface area contributed by atoms with Crippen LogP contribution in [-0.4, -0.2) is 13.7 Å². The maximum atomic E-state index is 12.9. The van der Waals surface area contributed by atoms with Crippen LogP contribution in [0.25, 0.3) is 0 Å². The van der Waals surface area contributed by atoms with Crippen molar-refractivity contribution < 1.29 is 9.13 Å². The molecule has 13 heavy (non-hydrogen) atoms. The number of halogens is 1. The van der Waals surface area contributed by atoms with E-state index >= 15 is 0 Å². The van der Waals surface area contributed by atoms with Crippen molar-refractivity contribution in [1.29, 1.82) is 0 Å². The predicted octanol–water partition coefficient (Wildman–Crippen LogP) is 1.87. The summed E-state index contributed by atoms with van der Waals surface area (Å²) in [4.78, 5) is 0. The van der Waals surface area contributed by atoms with Crippen molar-refractivity contribution in [3.8, 4) is 5.75 Å². The Morgan fingerprint density at radius 1 is 1.54 bits per heavy atom. The minimum absolute atomic E-state index is 0.204. The van der Waals surface area contributed by atoms with Crippen molar-refractivity contribution >= 4 is 0 Å². The Morgan fingerprint density at radius 3 is 2.85 bits per heavy atom. The van der Waals surface area contributed by atoms with Gasteiger partial charge in [0, 0.05) is 11.6 Å². The standard InChI is InChI=1S/C10H12FNO/c1-13-10-3-2-7(11)6-8(10)9-4-5-12-9/h2-3,6,9,12H,4-5H2,1H3/t9-/m1/s1. The molecule has 0 radical (unpaired) electrons. The highest BCUT2D eigenvalue weighted by Gasteiger charge is 2.22. The molecule has 0 bridgehead atoms. The molecule has 70 valence electrons. The number of hydrogen-bond donors (Lipinski definition) is 1. The first-order chi connectivity index (χ1) is 6.31. The lowest BCUT2D eigenvalue weighted by atomic mass is 9.97. The van der Waals surface area contributed by atoms with Gasteiger partial charge in [0.15, 0.2) is 0 Å². The molecule has 0 aromatic heterocycles. The van der Waals surface area contributed by atoms with E-state index in [4.69, 9.17) is 4.74 Å². The summed E-state index contributed by atoms with van der Waals surface area (Å²) in [6.45, 7) is 1.00. The summed E-state index contributed by atoms with van der Waals surface area (Å²) < 4.78 is 18.1. The Balaban J connectivity index is 2.33. The summed E-state index contributed by atoms with van der Waals surface area (Å²) in [6, 6.07) is 4.90. The fraction of sp³-hybridized carbons (Fsp3) is 0.400. The fourth-order valence-corrected chi connectivity index (χ4v) is 1.53. The highest BCUT2D eigenvalue weighted by Crippen LogP contribution is 2.31. The van der Waals surface area contributed by atoms with E-state index in [1.165, 1.54) is 12.1 Å². The van der Waals surface area contributed by atoms with Crippen LogP contribution >= 0.6 is 0 Å². The molecule has 1 aliphatic heterocycles. The maximum absolute atomic E-state index is 12.9. The SMILES string of the molecule is COc1ccc(F)cc1[C@H]1CCN1. The molecule has 0 unspecified atom stereocenters. The van der Waals surface area contributed by atoms with Crippen LogP contribution in [-0.2, 0) is 0 Å². The topological polar surface area (TPSA) is 21.3 Å². The van der Waals surface area contributed by atoms with E-state index in [9.17, 15) is 4.39 Å². The minimum atomic E-state index is -0.204. The predicted molar refractivity (Wildman–Crippen MR) is 48.3 cm³/mol. The average Bonchev–Trinajstić information content (AvgIpc) is 2.02. The Labute approximate surface area is 76.7 Å². The average molecular weight is 181 g/mol. The molecule has 1 fully saturated rings. The molecule has 2 rings (SSSR count). The highest BCUT2D eigenvalue weighted by atomic mass is 19.1. The number of ether oxygens (including phenoxy) is 1. The van der Waals surface area contributed by atoms with Crippen LogP contribution < -0.4 is 10.1 Å². The summed E-state index contributed by atoms with van der Waals surface area (Å²) in [6.07, 6.45) is 1.06. The maximum Gasteiger partial charge on any atom is 0.123 e. The van der Waals surface area contributed by atoms with Gasteiger partial charge in [-0.2, -0.15) is 0 Å². The van der Waals surface area contributed by atoms with Gasteiger partial charge in [-0.05, 0) is 31.2 Å². The third-order valence-electron chi connectivity index (χ3n) is 2.39. The second-order valence-electron chi connectivity index (χ2n) is 3.18. The highest BCUT2D eigenvalue weighted by molar-refractivity contribution is 5.37. The molecule has 1 aliphatic rings. The molecule has 1 atom stereocenters. The second-order valence-corrected chi connectivity index (χ2v) is 3.18. The van der Waals surface area contributed by atoms with Gasteiger partial charge in [0.25, 0.3) is 0 Å². The van der Waals surface area contributed by atoms with Crippen molar-refractivity contribution in [2.75, 3.05) is 13.7 Å². The van der Waals surface area contributed by atoms with Crippen molar-refractivity contribution in [2.45, 2.75) is 12.5 Å². The monoisotopic (exact) mass is 181 g/mol. The van der Waals surface area contributed by atoms with Crippen LogP contribution in [0.5, 0.6) is 5.75 Å². The summed E-state index contributed by atoms with van der Waals surface area (Å²) in [7, 11) is 1.61. The minimum Gasteiger partial charge on any atom is -0.496 e. The molecule has 0 spiro atoms. The van der Waals surface area contributed by atoms with Gasteiger partial charge in [0.05, 0.1) is 7.11 Å². The van der Waals surface area contributed by atoms with Crippen molar-refractivity contribution in [1.82, 2.24) is 5.32 Å². The molecular formula is C10H12FNO. The Morgan fingerprint density at radius 2 is 2.31 bits per heavy atom. The van der Waals surface area contributed by atoms with E-state index in [1.54, 1.807) is 13.2 Å². The summed E-state index contributed by atoms with van der Waals surface area (Å²) in [5.74, 6) is 0.558. The zero-order valence-corrected chi connectivity index (χ0v) is 7.51. The lowest BCUT2D eigenvalue weighted by molar-refractivity contribution is 0.351. The molecule has 1 N–H and O–H groups in total. The molecule has 2 nitrogen and oxygen atoms in total. The summed E-state index contributed by atoms with van der Waals surface area (Å²) >= 11 is 0. The molecule has 3 heteroatoms. The van der Waals surface area contributed by atoms with E-state index in [0.717, 1.165) is 24.3 Å². The third-order valence-corrected chi connectivity index (χ3v) is 2.39. The quantitative estimate of drug-likeness (QED) is 0.752. The van der Waals surface area contributed by atoms with Gasteiger partial charge in [-0.3, -0.25) is 0 Å². The Bertz CT molecular complexity index is 310. The molecule has 0 aliphatic carbocycles. The zero-order chi connectivity index (χ0) is 9.26. The molecule has 1 aromatic carbocycles. The van der Waals surface area contributed by atoms with Crippen LogP contribution in [0.4, 0.5) is 4.39 Å². The van der Waals surface area contributed by atoms with E-state index < -0.39 is 0 Å². The van der Waals surface area contributed by atoms with E-state index in [2.05, 4.69) is 5.32 Å². The molecule has 0 saturated carbocycles. The van der Waals surface area contributed by atoms with Crippen molar-refractivity contribution in [3.63, 3.8) is 0 Å². The van der Waals surface area contributed by atoms with E-state index in [1.807, 2.05) is 0 Å². The van der Waals surface area contributed by atoms with Gasteiger partial charge in [-0.25, -0.2) is 4.39 Å². The number of rotatable bonds is 2. The van der Waals surface area contributed by atoms with Gasteiger partial charge in [-0.15, -0.1) is 0 Å². The number of nitrogens with one attached hydrogen (secondary N) is 1. The van der Waals surface area contributed by atoms with Gasteiger partial charge < -0.3 is 10.1 Å². The van der Waals surface area contributed by atoms with Crippen LogP contribution in [0.2, 0.25) is 0 Å². The molecule has 1 aromatic rings. The van der Waals surface area contributed by atoms with E-state index in [0.29, 0.717) is 0 Å². The second kappa shape index (κ2) is 3.34. The smallest absolute Gasteiger partial charge is 0.123 e. The normalized spacial score (nSPS) is 20.9. The lowest BCUT2D eigenvalue weighted by Crippen LogP contribution is -2.35. The van der Waals surface area contributed by atoms with Crippen molar-refractivity contribution in [3.05, 3.63) is 29.6 Å². The molecule has 1 heterocycles. The number of hydrogen-bond acceptors (Lipinski definition) is 2. The van der Waals surface area contributed by atoms with E-state index in [-0.39, 0.29) is 11.9 Å². The zero-order valence-electron chi connectivity index (χ0n) is 7.51. The first kappa shape index (κ1) is 8.51. The van der Waals surface area contributed by atoms with Crippen LogP contribution in [0.15, 0.2) is 18.2 Å². The Kier molecular flexibility index (Phi) is 2.19. The van der Waals surface area contributed by atoms with Gasteiger partial charge in [-0.1, -0.05) is 0 Å². The van der Waals surface area contributed by atoms with Crippen LogP contribution in [0, 0.1) is 5.82 Å². The van der Waals surface area contributed by atoms with Crippen LogP contribution in [0.1, 0.15) is 18.0 Å². The Hall–Kier alpha value is -1.09. The fourth-order valence-electron chi connectivity index (χ4n) is 1.53. The lowest BCUT2D eigenvalue weighted by Gasteiger charge is -2.29. The van der Waals surface area contributed by atoms with Crippen molar-refractivity contribution in [2.24, 2.45) is 0 Å². The van der Waals surface area contributed by atoms with Gasteiger partial charge >= 0.3 is 0 Å². The largest absolute Gasteiger partial charge is 0.496 e. The molecular weight excluding hydrogens is 169 g/mol. The molecule has 0 amide bonds. The number of methoxy groups -OCH3 is 1. The summed E-state index contributed by atoms with van der Waals surface area (Å²) in [5, 5.41) is 3.22. The number of benzene rings is 1. The van der Waals surface area contributed by atoms with Crippen LogP contribution in [0.3, 0.4) is 0 Å².